The van der Waals surface area contributed by atoms with Gasteiger partial charge in [-0.1, -0.05) is 6.07 Å². The second-order valence-electron chi connectivity index (χ2n) is 5.46. The van der Waals surface area contributed by atoms with Crippen LogP contribution >= 0.6 is 11.3 Å². The Hall–Kier alpha value is -2.74. The molecule has 25 heavy (non-hydrogen) atoms. The molecule has 3 heterocycles. The van der Waals surface area contributed by atoms with Gasteiger partial charge in [0, 0.05) is 38.6 Å². The Bertz CT molecular complexity index is 741. The van der Waals surface area contributed by atoms with Crippen molar-refractivity contribution in [3.05, 3.63) is 52.5 Å². The highest BCUT2D eigenvalue weighted by molar-refractivity contribution is 7.12. The number of rotatable bonds is 4. The first kappa shape index (κ1) is 17.1. The fraction of sp³-hybridized carbons (Fsp3) is 0.294. The van der Waals surface area contributed by atoms with E-state index in [0.29, 0.717) is 36.6 Å². The van der Waals surface area contributed by atoms with Gasteiger partial charge >= 0.3 is 5.97 Å². The fourth-order valence-electron chi connectivity index (χ4n) is 2.50. The highest BCUT2D eigenvalue weighted by Gasteiger charge is 2.25. The molecule has 3 rings (SSSR count). The molecule has 0 saturated carbocycles. The van der Waals surface area contributed by atoms with Crippen molar-refractivity contribution in [3.8, 4) is 0 Å². The van der Waals surface area contributed by atoms with Crippen LogP contribution in [0.1, 0.15) is 20.0 Å². The number of ether oxygens (including phenoxy) is 1. The number of pyridine rings is 1. The minimum Gasteiger partial charge on any atom is -0.452 e. The van der Waals surface area contributed by atoms with Gasteiger partial charge in [0.2, 0.25) is 0 Å². The topological polar surface area (TPSA) is 79.8 Å². The zero-order valence-electron chi connectivity index (χ0n) is 13.5. The van der Waals surface area contributed by atoms with Gasteiger partial charge in [-0.25, -0.2) is 4.79 Å². The Morgan fingerprint density at radius 2 is 1.72 bits per heavy atom. The lowest BCUT2D eigenvalue weighted by atomic mass is 10.3. The molecule has 7 nitrogen and oxygen atoms in total. The number of amides is 2. The SMILES string of the molecule is O=C(OCC(=O)N1CCN(C(=O)c2cccs2)CC1)c1ccncc1. The van der Waals surface area contributed by atoms with Crippen molar-refractivity contribution in [2.45, 2.75) is 0 Å². The second kappa shape index (κ2) is 7.89. The van der Waals surface area contributed by atoms with Crippen molar-refractivity contribution in [2.75, 3.05) is 32.8 Å². The molecule has 0 atom stereocenters. The van der Waals surface area contributed by atoms with Gasteiger partial charge in [0.25, 0.3) is 11.8 Å². The van der Waals surface area contributed by atoms with Crippen LogP contribution in [0.25, 0.3) is 0 Å². The largest absolute Gasteiger partial charge is 0.452 e. The Balaban J connectivity index is 1.45. The molecular weight excluding hydrogens is 342 g/mol. The number of nitrogens with zero attached hydrogens (tertiary/aromatic N) is 3. The summed E-state index contributed by atoms with van der Waals surface area (Å²) >= 11 is 1.41. The molecule has 2 amide bonds. The Labute approximate surface area is 148 Å². The molecule has 1 aliphatic heterocycles. The zero-order chi connectivity index (χ0) is 17.6. The lowest BCUT2D eigenvalue weighted by Gasteiger charge is -2.34. The summed E-state index contributed by atoms with van der Waals surface area (Å²) in [6.07, 6.45) is 2.98. The van der Waals surface area contributed by atoms with E-state index in [-0.39, 0.29) is 18.4 Å². The van der Waals surface area contributed by atoms with Crippen LogP contribution in [0.2, 0.25) is 0 Å². The number of carbonyl (C=O) groups excluding carboxylic acids is 3. The Kier molecular flexibility index (Phi) is 5.39. The van der Waals surface area contributed by atoms with Crippen LogP contribution in [-0.2, 0) is 9.53 Å². The second-order valence-corrected chi connectivity index (χ2v) is 6.41. The maximum atomic E-state index is 12.3. The summed E-state index contributed by atoms with van der Waals surface area (Å²) in [5.41, 5.74) is 0.356. The van der Waals surface area contributed by atoms with Crippen molar-refractivity contribution in [3.63, 3.8) is 0 Å². The molecule has 1 saturated heterocycles. The van der Waals surface area contributed by atoms with Crippen molar-refractivity contribution >= 4 is 29.1 Å². The molecule has 1 aliphatic rings. The van der Waals surface area contributed by atoms with E-state index in [1.165, 1.54) is 35.9 Å². The molecule has 1 fully saturated rings. The average Bonchev–Trinajstić information content (AvgIpc) is 3.21. The van der Waals surface area contributed by atoms with Crippen molar-refractivity contribution in [1.82, 2.24) is 14.8 Å². The van der Waals surface area contributed by atoms with E-state index in [2.05, 4.69) is 4.98 Å². The molecule has 130 valence electrons. The summed E-state index contributed by atoms with van der Waals surface area (Å²) < 4.78 is 5.04. The van der Waals surface area contributed by atoms with Gasteiger partial charge in [0.05, 0.1) is 10.4 Å². The van der Waals surface area contributed by atoms with E-state index in [4.69, 9.17) is 4.74 Å². The van der Waals surface area contributed by atoms with E-state index in [1.54, 1.807) is 15.9 Å². The van der Waals surface area contributed by atoms with Crippen molar-refractivity contribution < 1.29 is 19.1 Å². The smallest absolute Gasteiger partial charge is 0.338 e. The van der Waals surface area contributed by atoms with E-state index in [1.807, 2.05) is 11.4 Å². The van der Waals surface area contributed by atoms with Crippen molar-refractivity contribution in [2.24, 2.45) is 0 Å². The highest BCUT2D eigenvalue weighted by Crippen LogP contribution is 2.14. The molecule has 0 unspecified atom stereocenters. The molecule has 0 N–H and O–H groups in total. The average molecular weight is 359 g/mol. The van der Waals surface area contributed by atoms with Gasteiger partial charge in [0.1, 0.15) is 0 Å². The number of piperazine rings is 1. The minimum atomic E-state index is -0.553. The molecular formula is C17H17N3O4S. The first-order chi connectivity index (χ1) is 12.1. The van der Waals surface area contributed by atoms with E-state index >= 15 is 0 Å². The molecule has 0 aliphatic carbocycles. The molecule has 2 aromatic heterocycles. The van der Waals surface area contributed by atoms with Crippen LogP contribution in [-0.4, -0.2) is 65.4 Å². The molecule has 2 aromatic rings. The highest BCUT2D eigenvalue weighted by atomic mass is 32.1. The number of esters is 1. The summed E-state index contributed by atoms with van der Waals surface area (Å²) in [5.74, 6) is -0.820. The number of hydrogen-bond donors (Lipinski definition) is 0. The summed E-state index contributed by atoms with van der Waals surface area (Å²) in [7, 11) is 0. The van der Waals surface area contributed by atoms with Crippen LogP contribution in [0.3, 0.4) is 0 Å². The lowest BCUT2D eigenvalue weighted by Crippen LogP contribution is -2.51. The maximum Gasteiger partial charge on any atom is 0.338 e. The van der Waals surface area contributed by atoms with Crippen LogP contribution in [0.5, 0.6) is 0 Å². The number of carbonyl (C=O) groups is 3. The molecule has 8 heteroatoms. The lowest BCUT2D eigenvalue weighted by molar-refractivity contribution is -0.136. The van der Waals surface area contributed by atoms with Gasteiger partial charge in [-0.15, -0.1) is 11.3 Å². The Morgan fingerprint density at radius 1 is 1.04 bits per heavy atom. The monoisotopic (exact) mass is 359 g/mol. The fourth-order valence-corrected chi connectivity index (χ4v) is 3.20. The van der Waals surface area contributed by atoms with E-state index in [9.17, 15) is 14.4 Å². The molecule has 0 aromatic carbocycles. The van der Waals surface area contributed by atoms with Gasteiger partial charge < -0.3 is 14.5 Å². The number of thiophene rings is 1. The number of hydrogen-bond acceptors (Lipinski definition) is 6. The Morgan fingerprint density at radius 3 is 2.36 bits per heavy atom. The quantitative estimate of drug-likeness (QED) is 0.769. The first-order valence-electron chi connectivity index (χ1n) is 7.83. The van der Waals surface area contributed by atoms with E-state index in [0.717, 1.165) is 0 Å². The third-order valence-corrected chi connectivity index (χ3v) is 4.75. The summed E-state index contributed by atoms with van der Waals surface area (Å²) in [5, 5.41) is 1.87. The van der Waals surface area contributed by atoms with Crippen LogP contribution in [0.4, 0.5) is 0 Å². The standard InChI is InChI=1S/C17H17N3O4S/c21-15(12-24-17(23)13-3-5-18-6-4-13)19-7-9-20(10-8-19)16(22)14-2-1-11-25-14/h1-6,11H,7-10,12H2. The molecule has 0 spiro atoms. The van der Waals surface area contributed by atoms with Gasteiger partial charge in [-0.3, -0.25) is 14.6 Å². The van der Waals surface area contributed by atoms with Gasteiger partial charge in [-0.2, -0.15) is 0 Å². The van der Waals surface area contributed by atoms with E-state index < -0.39 is 5.97 Å². The van der Waals surface area contributed by atoms with Crippen LogP contribution in [0.15, 0.2) is 42.0 Å². The van der Waals surface area contributed by atoms with Gasteiger partial charge in [0.15, 0.2) is 6.61 Å². The predicted octanol–water partition coefficient (Wildman–Crippen LogP) is 1.28. The summed E-state index contributed by atoms with van der Waals surface area (Å²) in [4.78, 5) is 44.1. The summed E-state index contributed by atoms with van der Waals surface area (Å²) in [6, 6.07) is 6.70. The third-order valence-electron chi connectivity index (χ3n) is 3.89. The van der Waals surface area contributed by atoms with Crippen molar-refractivity contribution in [1.29, 1.82) is 0 Å². The van der Waals surface area contributed by atoms with Crippen LogP contribution in [0, 0.1) is 0 Å². The summed E-state index contributed by atoms with van der Waals surface area (Å²) in [6.45, 7) is 1.51. The minimum absolute atomic E-state index is 0.00814. The first-order valence-corrected chi connectivity index (χ1v) is 8.71. The predicted molar refractivity (Wildman–Crippen MR) is 91.3 cm³/mol. The molecule has 0 radical (unpaired) electrons. The number of aromatic nitrogens is 1. The maximum absolute atomic E-state index is 12.3. The molecule has 0 bridgehead atoms. The van der Waals surface area contributed by atoms with Gasteiger partial charge in [-0.05, 0) is 23.6 Å². The van der Waals surface area contributed by atoms with Crippen LogP contribution < -0.4 is 0 Å². The zero-order valence-corrected chi connectivity index (χ0v) is 14.3. The third kappa shape index (κ3) is 4.21. The normalized spacial score (nSPS) is 14.2.